The minimum absolute atomic E-state index is 0.100. The molecule has 8 rings (SSSR count). The van der Waals surface area contributed by atoms with Crippen molar-refractivity contribution in [1.82, 2.24) is 34.3 Å². The van der Waals surface area contributed by atoms with Crippen LogP contribution in [0.3, 0.4) is 0 Å². The van der Waals surface area contributed by atoms with Crippen LogP contribution in [0, 0.1) is 48.1 Å². The molecule has 2 aliphatic rings. The summed E-state index contributed by atoms with van der Waals surface area (Å²) in [5.74, 6) is -3.52. The molecule has 12 nitrogen and oxygen atoms in total. The molecule has 0 unspecified atom stereocenters. The number of thiophene rings is 2. The van der Waals surface area contributed by atoms with Crippen LogP contribution in [0.4, 0.5) is 35.1 Å². The molecule has 0 saturated carbocycles. The molecule has 0 aliphatic carbocycles. The number of fused-ring (bicyclic) bond motifs is 2. The third kappa shape index (κ3) is 11.1. The molecule has 0 spiro atoms. The number of benzene rings is 2. The van der Waals surface area contributed by atoms with Crippen molar-refractivity contribution in [3.8, 4) is 34.4 Å². The number of hydrogen-bond acceptors (Lipinski definition) is 10. The first kappa shape index (κ1) is 54.8. The first-order valence-electron chi connectivity index (χ1n) is 23.2. The normalized spacial score (nSPS) is 15.8. The number of nitrogens with two attached hydrogens (primary N) is 1. The largest absolute Gasteiger partial charge is 0.435 e. The Kier molecular flexibility index (Phi) is 16.5. The lowest BCUT2D eigenvalue weighted by molar-refractivity contribution is -0.141. The van der Waals surface area contributed by atoms with E-state index in [-0.39, 0.29) is 79.9 Å². The van der Waals surface area contributed by atoms with Gasteiger partial charge in [-0.1, -0.05) is 36.4 Å². The quantitative estimate of drug-likeness (QED) is 0.0994. The highest BCUT2D eigenvalue weighted by molar-refractivity contribution is 7.13. The third-order valence-electron chi connectivity index (χ3n) is 12.8. The fourth-order valence-corrected chi connectivity index (χ4v) is 11.8. The van der Waals surface area contributed by atoms with E-state index in [0.717, 1.165) is 42.4 Å². The second-order valence-corrected chi connectivity index (χ2v) is 20.0. The van der Waals surface area contributed by atoms with Gasteiger partial charge in [0.25, 0.3) is 0 Å². The Labute approximate surface area is 429 Å². The summed E-state index contributed by atoms with van der Waals surface area (Å²) in [5, 5.41) is 26.6. The number of aryl methyl sites for hydroxylation is 2. The van der Waals surface area contributed by atoms with Gasteiger partial charge in [0.05, 0.1) is 13.1 Å². The molecule has 6 aromatic rings. The lowest BCUT2D eigenvalue weighted by atomic mass is 9.81. The number of carbonyl (C=O) groups is 2. The summed E-state index contributed by atoms with van der Waals surface area (Å²) in [6.07, 6.45) is -1.14. The molecule has 0 fully saturated rings. The molecule has 4 aromatic heterocycles. The minimum Gasteiger partial charge on any atom is -0.333 e. The maximum Gasteiger partial charge on any atom is 0.435 e. The number of hydrogen-bond donors (Lipinski definition) is 1. The molecule has 0 bridgehead atoms. The summed E-state index contributed by atoms with van der Waals surface area (Å²) < 4.78 is 117. The van der Waals surface area contributed by atoms with Crippen molar-refractivity contribution in [1.29, 1.82) is 10.5 Å². The van der Waals surface area contributed by atoms with Crippen LogP contribution in [0.25, 0.3) is 22.3 Å². The summed E-state index contributed by atoms with van der Waals surface area (Å²) in [4.78, 5) is 33.4. The Morgan fingerprint density at radius 2 is 1.14 bits per heavy atom. The lowest BCUT2D eigenvalue weighted by Gasteiger charge is -2.34. The fourth-order valence-electron chi connectivity index (χ4n) is 9.40. The van der Waals surface area contributed by atoms with Crippen LogP contribution in [-0.4, -0.2) is 86.3 Å². The monoisotopic (exact) mass is 1060 g/mol. The lowest BCUT2D eigenvalue weighted by Crippen LogP contribution is -2.37. The van der Waals surface area contributed by atoms with Gasteiger partial charge in [0, 0.05) is 108 Å². The van der Waals surface area contributed by atoms with Gasteiger partial charge in [0.15, 0.2) is 11.4 Å². The molecule has 2 atom stereocenters. The molecular weight excluding hydrogens is 1010 g/mol. The van der Waals surface area contributed by atoms with Crippen LogP contribution < -0.4 is 5.73 Å². The Balaban J connectivity index is 0.000000217. The maximum absolute atomic E-state index is 15.5. The van der Waals surface area contributed by atoms with E-state index in [1.54, 1.807) is 50.8 Å². The molecule has 22 heteroatoms. The van der Waals surface area contributed by atoms with E-state index in [9.17, 15) is 46.5 Å². The van der Waals surface area contributed by atoms with Crippen molar-refractivity contribution >= 4 is 34.5 Å². The van der Waals surface area contributed by atoms with Gasteiger partial charge in [-0.2, -0.15) is 47.1 Å². The summed E-state index contributed by atoms with van der Waals surface area (Å²) in [6.45, 7) is 8.63. The zero-order valence-corrected chi connectivity index (χ0v) is 42.6. The summed E-state index contributed by atoms with van der Waals surface area (Å²) in [5.41, 5.74) is 5.50. The SMILES string of the molecule is CCn1cc(-c2c(F)cccc2[C@@H]2CN(C(=O)/C=C/CN)Cc3sc(C#N)c(C)c32)c(C(F)(F)F)n1.CCn1cc(-c2c(F)cccc2[C@@H]2CN(C(=O)/C=C\CN(C)C)Cc3sc(C#N)c(C)c32)c(C(F)(F)F)n1. The Hall–Kier alpha value is -6.98. The molecule has 6 heterocycles. The van der Waals surface area contributed by atoms with Crippen molar-refractivity contribution in [3.05, 3.63) is 149 Å². The second-order valence-electron chi connectivity index (χ2n) is 17.8. The summed E-state index contributed by atoms with van der Waals surface area (Å²) in [7, 11) is 3.74. The smallest absolute Gasteiger partial charge is 0.333 e. The number of carbonyl (C=O) groups excluding carboxylic acids is 2. The van der Waals surface area contributed by atoms with Gasteiger partial charge in [0.2, 0.25) is 11.8 Å². The van der Waals surface area contributed by atoms with Crippen LogP contribution >= 0.6 is 22.7 Å². The zero-order chi connectivity index (χ0) is 54.0. The number of amides is 2. The summed E-state index contributed by atoms with van der Waals surface area (Å²) in [6, 6.07) is 12.6. The Morgan fingerprint density at radius 3 is 1.49 bits per heavy atom. The predicted octanol–water partition coefficient (Wildman–Crippen LogP) is 10.5. The van der Waals surface area contributed by atoms with E-state index >= 15 is 8.78 Å². The minimum atomic E-state index is -4.80. The van der Waals surface area contributed by atoms with E-state index in [0.29, 0.717) is 38.6 Å². The zero-order valence-electron chi connectivity index (χ0n) is 41.0. The number of aromatic nitrogens is 4. The van der Waals surface area contributed by atoms with Crippen molar-refractivity contribution < 1.29 is 44.7 Å². The van der Waals surface area contributed by atoms with Gasteiger partial charge in [-0.25, -0.2) is 8.78 Å². The number of halogens is 8. The molecule has 74 heavy (non-hydrogen) atoms. The number of alkyl halides is 6. The molecule has 0 saturated heterocycles. The van der Waals surface area contributed by atoms with Gasteiger partial charge in [-0.15, -0.1) is 22.7 Å². The number of likely N-dealkylation sites (N-methyl/N-ethyl adjacent to an activating group) is 1. The van der Waals surface area contributed by atoms with Crippen LogP contribution in [0.5, 0.6) is 0 Å². The van der Waals surface area contributed by atoms with Crippen LogP contribution in [-0.2, 0) is 48.1 Å². The Bertz CT molecular complexity index is 3240. The Morgan fingerprint density at radius 1 is 0.730 bits per heavy atom. The average molecular weight is 1060 g/mol. The van der Waals surface area contributed by atoms with Crippen molar-refractivity contribution in [2.75, 3.05) is 40.3 Å². The van der Waals surface area contributed by atoms with E-state index in [4.69, 9.17) is 5.73 Å². The highest BCUT2D eigenvalue weighted by Gasteiger charge is 2.43. The highest BCUT2D eigenvalue weighted by Crippen LogP contribution is 2.49. The molecule has 0 radical (unpaired) electrons. The van der Waals surface area contributed by atoms with E-state index in [1.165, 1.54) is 70.3 Å². The van der Waals surface area contributed by atoms with Crippen LogP contribution in [0.1, 0.15) is 90.0 Å². The number of nitriles is 2. The van der Waals surface area contributed by atoms with Crippen LogP contribution in [0.2, 0.25) is 0 Å². The maximum atomic E-state index is 15.5. The number of rotatable bonds is 11. The predicted molar refractivity (Wildman–Crippen MR) is 265 cm³/mol. The number of nitrogens with zero attached hydrogens (tertiary/aromatic N) is 9. The molecular formula is C52H50F8N10O2S2. The van der Waals surface area contributed by atoms with Gasteiger partial charge in [-0.05, 0) is 87.3 Å². The molecule has 2 amide bonds. The molecule has 388 valence electrons. The van der Waals surface area contributed by atoms with Crippen molar-refractivity contribution in [3.63, 3.8) is 0 Å². The van der Waals surface area contributed by atoms with Crippen molar-refractivity contribution in [2.45, 2.75) is 78.1 Å². The average Bonchev–Trinajstić information content (AvgIpc) is 4.15. The summed E-state index contributed by atoms with van der Waals surface area (Å²) >= 11 is 2.49. The van der Waals surface area contributed by atoms with Gasteiger partial charge in [0.1, 0.15) is 33.5 Å². The fraction of sp³-hybridized carbons (Fsp3) is 0.346. The van der Waals surface area contributed by atoms with Crippen molar-refractivity contribution in [2.24, 2.45) is 5.73 Å². The van der Waals surface area contributed by atoms with E-state index in [2.05, 4.69) is 22.3 Å². The molecule has 2 aromatic carbocycles. The van der Waals surface area contributed by atoms with Gasteiger partial charge >= 0.3 is 12.4 Å². The van der Waals surface area contributed by atoms with Crippen LogP contribution in [0.15, 0.2) is 73.1 Å². The molecule has 2 N–H and O–H groups in total. The van der Waals surface area contributed by atoms with Gasteiger partial charge in [-0.3, -0.25) is 19.0 Å². The van der Waals surface area contributed by atoms with E-state index in [1.807, 2.05) is 19.0 Å². The molecule has 2 aliphatic heterocycles. The highest BCUT2D eigenvalue weighted by atomic mass is 32.1. The first-order valence-corrected chi connectivity index (χ1v) is 24.9. The van der Waals surface area contributed by atoms with Gasteiger partial charge < -0.3 is 20.4 Å². The third-order valence-corrected chi connectivity index (χ3v) is 15.1. The topological polar surface area (TPSA) is 153 Å². The standard InChI is InChI=1S/C27H27F4N5OS.C25H23F4N5OS/c1-5-36-14-19(26(33-36)27(29,30)31)25-17(8-6-9-20(25)28)18-13-35(23(37)10-7-11-34(3)4)15-22-24(18)16(2)21(12-32)38-22;1-3-34-12-17(24(32-34)25(27,28)29)23-15(6-4-7-18(23)26)16-11-33(21(35)8-5-9-30)13-20-22(16)14(2)19(10-31)36-20/h6-10,14,18H,5,11,13,15H2,1-4H3;4-8,12,16H,3,9,11,13,30H2,1-2H3/b10-7-;8-5+/t18-;16-/m00/s1. The first-order chi connectivity index (χ1) is 35.1. The van der Waals surface area contributed by atoms with E-state index < -0.39 is 47.2 Å². The second kappa shape index (κ2) is 22.2.